The summed E-state index contributed by atoms with van der Waals surface area (Å²) in [6, 6.07) is 11.7. The lowest BCUT2D eigenvalue weighted by Gasteiger charge is -2.35. The van der Waals surface area contributed by atoms with E-state index in [0.717, 1.165) is 46.3 Å². The number of aromatic nitrogens is 1. The fraction of sp³-hybridized carbons (Fsp3) is 0.318. The van der Waals surface area contributed by atoms with Gasteiger partial charge in [-0.1, -0.05) is 18.2 Å². The van der Waals surface area contributed by atoms with Crippen molar-refractivity contribution in [3.63, 3.8) is 0 Å². The zero-order valence-electron chi connectivity index (χ0n) is 15.9. The summed E-state index contributed by atoms with van der Waals surface area (Å²) < 4.78 is 5.26. The van der Waals surface area contributed by atoms with Crippen LogP contribution in [0, 0.1) is 6.92 Å². The van der Waals surface area contributed by atoms with E-state index in [-0.39, 0.29) is 17.6 Å². The first-order valence-electron chi connectivity index (χ1n) is 9.24. The minimum absolute atomic E-state index is 0.0812. The second kappa shape index (κ2) is 6.74. The van der Waals surface area contributed by atoms with Crippen LogP contribution in [0.2, 0.25) is 0 Å². The quantitative estimate of drug-likeness (QED) is 0.687. The zero-order valence-corrected chi connectivity index (χ0v) is 15.9. The number of nitrogens with one attached hydrogen (secondary N) is 1. The monoisotopic (exact) mass is 364 g/mol. The highest BCUT2D eigenvalue weighted by Gasteiger charge is 2.28. The lowest BCUT2D eigenvalue weighted by atomic mass is 9.92. The third-order valence-corrected chi connectivity index (χ3v) is 5.63. The van der Waals surface area contributed by atoms with E-state index in [4.69, 9.17) is 4.74 Å². The van der Waals surface area contributed by atoms with Crippen LogP contribution in [0.3, 0.4) is 0 Å². The molecule has 27 heavy (non-hydrogen) atoms. The number of phenols is 1. The van der Waals surface area contributed by atoms with E-state index >= 15 is 0 Å². The number of nitrogens with zero attached hydrogens (tertiary/aromatic N) is 1. The van der Waals surface area contributed by atoms with Crippen LogP contribution < -0.4 is 4.74 Å². The minimum Gasteiger partial charge on any atom is -0.504 e. The minimum atomic E-state index is 0.0812. The first kappa shape index (κ1) is 17.6. The molecule has 2 heterocycles. The predicted molar refractivity (Wildman–Crippen MR) is 106 cm³/mol. The molecule has 140 valence electrons. The summed E-state index contributed by atoms with van der Waals surface area (Å²) in [5.74, 6) is 0.773. The fourth-order valence-corrected chi connectivity index (χ4v) is 4.17. The molecule has 0 amide bonds. The molecule has 0 saturated heterocycles. The number of H-pyrrole nitrogens is 1. The number of hydrogen-bond donors (Lipinski definition) is 2. The van der Waals surface area contributed by atoms with E-state index in [2.05, 4.69) is 16.8 Å². The van der Waals surface area contributed by atoms with Crippen molar-refractivity contribution in [3.8, 4) is 11.5 Å². The maximum absolute atomic E-state index is 13.1. The normalized spacial score (nSPS) is 17.1. The van der Waals surface area contributed by atoms with Gasteiger partial charge in [-0.25, -0.2) is 0 Å². The smallest absolute Gasteiger partial charge is 0.179 e. The molecule has 5 heteroatoms. The van der Waals surface area contributed by atoms with Crippen LogP contribution >= 0.6 is 0 Å². The van der Waals surface area contributed by atoms with Crippen LogP contribution in [0.5, 0.6) is 11.5 Å². The van der Waals surface area contributed by atoms with Crippen LogP contribution in [-0.4, -0.2) is 41.0 Å². The van der Waals surface area contributed by atoms with E-state index in [0.29, 0.717) is 12.3 Å². The lowest BCUT2D eigenvalue weighted by Crippen LogP contribution is -2.37. The summed E-state index contributed by atoms with van der Waals surface area (Å²) in [5.41, 5.74) is 4.92. The first-order valence-corrected chi connectivity index (χ1v) is 9.24. The number of aromatic hydroxyl groups is 1. The Hall–Kier alpha value is -2.79. The van der Waals surface area contributed by atoms with Crippen LogP contribution in [0.15, 0.2) is 36.4 Å². The van der Waals surface area contributed by atoms with Gasteiger partial charge < -0.3 is 14.8 Å². The molecule has 2 aromatic carbocycles. The number of rotatable bonds is 4. The molecule has 0 saturated carbocycles. The molecule has 5 nitrogen and oxygen atoms in total. The summed E-state index contributed by atoms with van der Waals surface area (Å²) in [6.45, 7) is 5.21. The van der Waals surface area contributed by atoms with Gasteiger partial charge >= 0.3 is 0 Å². The van der Waals surface area contributed by atoms with Crippen molar-refractivity contribution >= 4 is 16.7 Å². The Morgan fingerprint density at radius 2 is 2.11 bits per heavy atom. The molecule has 2 N–H and O–H groups in total. The highest BCUT2D eigenvalue weighted by molar-refractivity contribution is 6.10. The topological polar surface area (TPSA) is 65.6 Å². The van der Waals surface area contributed by atoms with Gasteiger partial charge in [0.1, 0.15) is 0 Å². The maximum atomic E-state index is 13.1. The Balaban J connectivity index is 1.62. The number of methoxy groups -OCH3 is 1. The number of aromatic amines is 1. The molecule has 1 aliphatic rings. The third-order valence-electron chi connectivity index (χ3n) is 5.63. The predicted octanol–water partition coefficient (Wildman–Crippen LogP) is 3.99. The number of para-hydroxylation sites is 1. The summed E-state index contributed by atoms with van der Waals surface area (Å²) in [7, 11) is 1.55. The second-order valence-corrected chi connectivity index (χ2v) is 7.21. The van der Waals surface area contributed by atoms with Gasteiger partial charge in [0.25, 0.3) is 0 Å². The number of aryl methyl sites for hydroxylation is 1. The van der Waals surface area contributed by atoms with Gasteiger partial charge in [-0.05, 0) is 49.6 Å². The number of fused-ring (bicyclic) bond motifs is 2. The van der Waals surface area contributed by atoms with E-state index < -0.39 is 0 Å². The largest absolute Gasteiger partial charge is 0.504 e. The van der Waals surface area contributed by atoms with Gasteiger partial charge in [-0.2, -0.15) is 0 Å². The van der Waals surface area contributed by atoms with Crippen LogP contribution in [-0.2, 0) is 6.42 Å². The van der Waals surface area contributed by atoms with Gasteiger partial charge in [-0.3, -0.25) is 9.69 Å². The molecule has 0 fully saturated rings. The van der Waals surface area contributed by atoms with Crippen molar-refractivity contribution in [2.24, 2.45) is 0 Å². The standard InChI is InChI=1S/C22H24N2O3/c1-13-22(16-6-4-5-7-18(16)23-13)20(26)12-24-9-8-15-10-19(25)21(27-3)11-17(15)14(24)2/h4-7,10-11,14,23,25H,8-9,12H2,1-3H3/t14-/m1/s1. The Morgan fingerprint density at radius 1 is 1.33 bits per heavy atom. The molecule has 0 unspecified atom stereocenters. The highest BCUT2D eigenvalue weighted by Crippen LogP contribution is 2.37. The van der Waals surface area contributed by atoms with E-state index in [1.165, 1.54) is 0 Å². The van der Waals surface area contributed by atoms with Crippen molar-refractivity contribution < 1.29 is 14.6 Å². The average Bonchev–Trinajstić information content (AvgIpc) is 2.99. The molecular formula is C22H24N2O3. The van der Waals surface area contributed by atoms with Gasteiger partial charge in [0.05, 0.1) is 13.7 Å². The molecular weight excluding hydrogens is 340 g/mol. The zero-order chi connectivity index (χ0) is 19.1. The fourth-order valence-electron chi connectivity index (χ4n) is 4.17. The van der Waals surface area contributed by atoms with Crippen molar-refractivity contribution in [1.29, 1.82) is 0 Å². The Kier molecular flexibility index (Phi) is 4.40. The molecule has 1 aliphatic heterocycles. The van der Waals surface area contributed by atoms with Crippen molar-refractivity contribution in [3.05, 3.63) is 58.8 Å². The van der Waals surface area contributed by atoms with Crippen molar-refractivity contribution in [2.75, 3.05) is 20.2 Å². The number of hydrogen-bond acceptors (Lipinski definition) is 4. The second-order valence-electron chi connectivity index (χ2n) is 7.21. The maximum Gasteiger partial charge on any atom is 0.179 e. The summed E-state index contributed by atoms with van der Waals surface area (Å²) in [4.78, 5) is 18.6. The number of benzene rings is 2. The number of carbonyl (C=O) groups excluding carboxylic acids is 1. The third kappa shape index (κ3) is 2.98. The van der Waals surface area contributed by atoms with E-state index in [1.54, 1.807) is 13.2 Å². The van der Waals surface area contributed by atoms with Crippen molar-refractivity contribution in [1.82, 2.24) is 9.88 Å². The molecule has 3 aromatic rings. The van der Waals surface area contributed by atoms with Crippen LogP contribution in [0.1, 0.15) is 40.1 Å². The summed E-state index contributed by atoms with van der Waals surface area (Å²) in [6.07, 6.45) is 0.803. The summed E-state index contributed by atoms with van der Waals surface area (Å²) >= 11 is 0. The number of ketones is 1. The Morgan fingerprint density at radius 3 is 2.89 bits per heavy atom. The van der Waals surface area contributed by atoms with E-state index in [9.17, 15) is 9.90 Å². The van der Waals surface area contributed by atoms with Crippen molar-refractivity contribution in [2.45, 2.75) is 26.3 Å². The number of ether oxygens (including phenoxy) is 1. The SMILES string of the molecule is COc1cc2c(cc1O)CCN(CC(=O)c1c(C)[nH]c3ccccc13)[C@@H]2C. The highest BCUT2D eigenvalue weighted by atomic mass is 16.5. The van der Waals surface area contributed by atoms with Gasteiger partial charge in [-0.15, -0.1) is 0 Å². The lowest BCUT2D eigenvalue weighted by molar-refractivity contribution is 0.0891. The number of phenolic OH excluding ortho intramolecular Hbond substituents is 1. The van der Waals surface area contributed by atoms with Crippen LogP contribution in [0.25, 0.3) is 10.9 Å². The Bertz CT molecular complexity index is 1020. The van der Waals surface area contributed by atoms with Gasteiger partial charge in [0.2, 0.25) is 0 Å². The van der Waals surface area contributed by atoms with Gasteiger partial charge in [0, 0.05) is 34.7 Å². The number of Topliss-reactive ketones (excluding diaryl/α,β-unsaturated/α-hetero) is 1. The average molecular weight is 364 g/mol. The molecule has 0 spiro atoms. The molecule has 0 bridgehead atoms. The first-order chi connectivity index (χ1) is 13.0. The number of carbonyl (C=O) groups is 1. The molecule has 1 atom stereocenters. The Labute approximate surface area is 158 Å². The summed E-state index contributed by atoms with van der Waals surface area (Å²) in [5, 5.41) is 11.0. The molecule has 0 radical (unpaired) electrons. The van der Waals surface area contributed by atoms with E-state index in [1.807, 2.05) is 37.3 Å². The van der Waals surface area contributed by atoms with Gasteiger partial charge in [0.15, 0.2) is 17.3 Å². The molecule has 0 aliphatic carbocycles. The molecule has 1 aromatic heterocycles. The van der Waals surface area contributed by atoms with Crippen LogP contribution in [0.4, 0.5) is 0 Å². The molecule has 4 rings (SSSR count).